The molecule has 2 amide bonds. The number of carbonyl (C=O) groups excluding carboxylic acids is 3. The summed E-state index contributed by atoms with van der Waals surface area (Å²) >= 11 is 0. The lowest BCUT2D eigenvalue weighted by molar-refractivity contribution is -0.121. The monoisotopic (exact) mass is 310 g/mol. The van der Waals surface area contributed by atoms with Gasteiger partial charge in [-0.15, -0.1) is 0 Å². The second-order valence-electron chi connectivity index (χ2n) is 7.28. The van der Waals surface area contributed by atoms with Crippen molar-refractivity contribution >= 4 is 17.8 Å². The van der Waals surface area contributed by atoms with Crippen LogP contribution in [0.5, 0.6) is 0 Å². The molecule has 0 aromatic rings. The molecule has 1 saturated carbocycles. The molecule has 2 rings (SSSR count). The molecule has 0 aromatic carbocycles. The van der Waals surface area contributed by atoms with Crippen molar-refractivity contribution in [3.05, 3.63) is 0 Å². The molecular weight excluding hydrogens is 284 g/mol. The van der Waals surface area contributed by atoms with Crippen LogP contribution in [0.15, 0.2) is 0 Å². The van der Waals surface area contributed by atoms with Gasteiger partial charge in [-0.1, -0.05) is 0 Å². The molecule has 0 radical (unpaired) electrons. The molecular formula is C16H26N2O4. The number of rotatable bonds is 3. The quantitative estimate of drug-likeness (QED) is 0.861. The highest BCUT2D eigenvalue weighted by Gasteiger charge is 2.49. The fourth-order valence-electron chi connectivity index (χ4n) is 3.53. The lowest BCUT2D eigenvalue weighted by Gasteiger charge is -2.30. The number of ether oxygens (including phenoxy) is 1. The van der Waals surface area contributed by atoms with E-state index in [1.165, 1.54) is 0 Å². The molecule has 6 nitrogen and oxygen atoms in total. The summed E-state index contributed by atoms with van der Waals surface area (Å²) in [6.07, 6.45) is 1.66. The molecule has 2 aliphatic rings. The Kier molecular flexibility index (Phi) is 4.78. The van der Waals surface area contributed by atoms with Gasteiger partial charge in [-0.05, 0) is 39.0 Å². The maximum Gasteiger partial charge on any atom is 0.410 e. The Hall–Kier alpha value is -1.59. The third-order valence-electron chi connectivity index (χ3n) is 4.46. The highest BCUT2D eigenvalue weighted by atomic mass is 16.6. The van der Waals surface area contributed by atoms with Crippen LogP contribution in [-0.4, -0.2) is 47.9 Å². The first-order chi connectivity index (χ1) is 10.2. The molecule has 1 aliphatic heterocycles. The average molecular weight is 310 g/mol. The fourth-order valence-corrected chi connectivity index (χ4v) is 3.53. The molecule has 2 fully saturated rings. The minimum Gasteiger partial charge on any atom is -0.444 e. The number of likely N-dealkylation sites (tertiary alicyclic amines) is 1. The Morgan fingerprint density at radius 3 is 2.59 bits per heavy atom. The van der Waals surface area contributed by atoms with Gasteiger partial charge in [-0.3, -0.25) is 9.59 Å². The van der Waals surface area contributed by atoms with Crippen molar-refractivity contribution < 1.29 is 19.1 Å². The summed E-state index contributed by atoms with van der Waals surface area (Å²) in [4.78, 5) is 37.4. The van der Waals surface area contributed by atoms with Crippen molar-refractivity contribution in [1.82, 2.24) is 10.2 Å². The Labute approximate surface area is 131 Å². The van der Waals surface area contributed by atoms with Gasteiger partial charge in [0.15, 0.2) is 0 Å². The van der Waals surface area contributed by atoms with E-state index in [9.17, 15) is 14.4 Å². The molecule has 1 aliphatic carbocycles. The lowest BCUT2D eigenvalue weighted by atomic mass is 9.91. The van der Waals surface area contributed by atoms with Crippen LogP contribution in [0.2, 0.25) is 0 Å². The molecule has 3 unspecified atom stereocenters. The minimum absolute atomic E-state index is 0.0445. The van der Waals surface area contributed by atoms with Gasteiger partial charge in [-0.2, -0.15) is 0 Å². The normalized spacial score (nSPS) is 27.7. The topological polar surface area (TPSA) is 75.7 Å². The fraction of sp³-hybridized carbons (Fsp3) is 0.812. The van der Waals surface area contributed by atoms with Gasteiger partial charge in [0.05, 0.1) is 0 Å². The number of ketones is 1. The van der Waals surface area contributed by atoms with E-state index >= 15 is 0 Å². The van der Waals surface area contributed by atoms with Crippen molar-refractivity contribution in [2.75, 3.05) is 13.6 Å². The summed E-state index contributed by atoms with van der Waals surface area (Å²) < 4.78 is 5.48. The zero-order chi connectivity index (χ0) is 16.5. The maximum absolute atomic E-state index is 12.4. The molecule has 6 heteroatoms. The number of hydrogen-bond donors (Lipinski definition) is 1. The van der Waals surface area contributed by atoms with E-state index in [1.807, 2.05) is 20.8 Å². The largest absolute Gasteiger partial charge is 0.444 e. The first-order valence-corrected chi connectivity index (χ1v) is 7.93. The third-order valence-corrected chi connectivity index (χ3v) is 4.46. The number of hydrogen-bond acceptors (Lipinski definition) is 4. The molecule has 0 bridgehead atoms. The van der Waals surface area contributed by atoms with Crippen LogP contribution in [0, 0.1) is 11.8 Å². The summed E-state index contributed by atoms with van der Waals surface area (Å²) in [5, 5.41) is 2.60. The van der Waals surface area contributed by atoms with E-state index in [1.54, 1.807) is 11.9 Å². The predicted octanol–water partition coefficient (Wildman–Crippen LogP) is 1.73. The van der Waals surface area contributed by atoms with Gasteiger partial charge in [0.25, 0.3) is 0 Å². The van der Waals surface area contributed by atoms with Crippen molar-refractivity contribution in [2.24, 2.45) is 11.8 Å². The third kappa shape index (κ3) is 3.78. The number of carbonyl (C=O) groups is 3. The van der Waals surface area contributed by atoms with Crippen molar-refractivity contribution in [2.45, 2.75) is 58.1 Å². The zero-order valence-electron chi connectivity index (χ0n) is 13.8. The second-order valence-corrected chi connectivity index (χ2v) is 7.28. The second kappa shape index (κ2) is 6.26. The Bertz CT molecular complexity index is 469. The van der Waals surface area contributed by atoms with Crippen LogP contribution in [-0.2, 0) is 14.3 Å². The lowest BCUT2D eigenvalue weighted by Crippen LogP contribution is -2.42. The summed E-state index contributed by atoms with van der Waals surface area (Å²) in [7, 11) is 1.60. The highest BCUT2D eigenvalue weighted by Crippen LogP contribution is 2.42. The first kappa shape index (κ1) is 16.8. The number of fused-ring (bicyclic) bond motifs is 1. The first-order valence-electron chi connectivity index (χ1n) is 7.93. The maximum atomic E-state index is 12.4. The smallest absolute Gasteiger partial charge is 0.410 e. The summed E-state index contributed by atoms with van der Waals surface area (Å²) in [6.45, 7) is 6.07. The number of Topliss-reactive ketones (excluding diaryl/α,β-unsaturated/α-hetero) is 1. The molecule has 3 atom stereocenters. The van der Waals surface area contributed by atoms with E-state index < -0.39 is 5.60 Å². The van der Waals surface area contributed by atoms with E-state index in [0.717, 1.165) is 0 Å². The molecule has 1 saturated heterocycles. The van der Waals surface area contributed by atoms with Gasteiger partial charge < -0.3 is 15.0 Å². The average Bonchev–Trinajstić information content (AvgIpc) is 2.90. The van der Waals surface area contributed by atoms with E-state index in [0.29, 0.717) is 32.2 Å². The molecule has 1 N–H and O–H groups in total. The number of nitrogens with one attached hydrogen (secondary N) is 1. The highest BCUT2D eigenvalue weighted by molar-refractivity contribution is 5.82. The standard InChI is InChI=1S/C16H26N2O4/c1-16(2,3)22-15(21)18-9-10-7-11(19)8-12(10)13(18)5-6-14(20)17-4/h10,12-13H,5-9H2,1-4H3,(H,17,20). The molecule has 124 valence electrons. The van der Waals surface area contributed by atoms with Crippen LogP contribution in [0.1, 0.15) is 46.5 Å². The number of nitrogens with zero attached hydrogens (tertiary/aromatic N) is 1. The van der Waals surface area contributed by atoms with E-state index in [-0.39, 0.29) is 35.7 Å². The van der Waals surface area contributed by atoms with Gasteiger partial charge >= 0.3 is 6.09 Å². The number of amides is 2. The minimum atomic E-state index is -0.546. The molecule has 0 aromatic heterocycles. The van der Waals surface area contributed by atoms with Gasteiger partial charge in [-0.25, -0.2) is 4.79 Å². The van der Waals surface area contributed by atoms with Gasteiger partial charge in [0, 0.05) is 38.9 Å². The van der Waals surface area contributed by atoms with Crippen LogP contribution in [0.4, 0.5) is 4.79 Å². The SMILES string of the molecule is CNC(=O)CCC1C2CC(=O)CC2CN1C(=O)OC(C)(C)C. The predicted molar refractivity (Wildman–Crippen MR) is 81.2 cm³/mol. The van der Waals surface area contributed by atoms with Crippen molar-refractivity contribution in [3.8, 4) is 0 Å². The van der Waals surface area contributed by atoms with Gasteiger partial charge in [0.1, 0.15) is 11.4 Å². The molecule has 22 heavy (non-hydrogen) atoms. The Morgan fingerprint density at radius 1 is 1.32 bits per heavy atom. The molecule has 1 heterocycles. The summed E-state index contributed by atoms with van der Waals surface area (Å²) in [5.74, 6) is 0.611. The van der Waals surface area contributed by atoms with Crippen molar-refractivity contribution in [1.29, 1.82) is 0 Å². The summed E-state index contributed by atoms with van der Waals surface area (Å²) in [5.41, 5.74) is -0.546. The van der Waals surface area contributed by atoms with E-state index in [2.05, 4.69) is 5.32 Å². The Morgan fingerprint density at radius 2 is 2.00 bits per heavy atom. The van der Waals surface area contributed by atoms with Crippen LogP contribution < -0.4 is 5.32 Å². The van der Waals surface area contributed by atoms with Crippen LogP contribution in [0.25, 0.3) is 0 Å². The van der Waals surface area contributed by atoms with Gasteiger partial charge in [0.2, 0.25) is 5.91 Å². The van der Waals surface area contributed by atoms with E-state index in [4.69, 9.17) is 4.74 Å². The zero-order valence-corrected chi connectivity index (χ0v) is 13.8. The van der Waals surface area contributed by atoms with Crippen LogP contribution >= 0.6 is 0 Å². The Balaban J connectivity index is 2.08. The molecule has 0 spiro atoms. The van der Waals surface area contributed by atoms with Crippen molar-refractivity contribution in [3.63, 3.8) is 0 Å². The van der Waals surface area contributed by atoms with Crippen LogP contribution in [0.3, 0.4) is 0 Å². The summed E-state index contributed by atoms with van der Waals surface area (Å²) in [6, 6.07) is -0.0800.